The normalized spacial score (nSPS) is 25.8. The van der Waals surface area contributed by atoms with Crippen molar-refractivity contribution >= 4 is 40.8 Å². The van der Waals surface area contributed by atoms with Crippen LogP contribution in [0.3, 0.4) is 0 Å². The van der Waals surface area contributed by atoms with Gasteiger partial charge in [0.15, 0.2) is 23.0 Å². The van der Waals surface area contributed by atoms with E-state index in [-0.39, 0.29) is 26.3 Å². The molecule has 19 heavy (non-hydrogen) atoms. The van der Waals surface area contributed by atoms with Crippen LogP contribution in [-0.4, -0.2) is 27.9 Å². The van der Waals surface area contributed by atoms with Crippen molar-refractivity contribution in [1.29, 1.82) is 0 Å². The maximum absolute atomic E-state index is 12.1. The van der Waals surface area contributed by atoms with Gasteiger partial charge in [-0.05, 0) is 0 Å². The molecule has 5 nitrogen and oxygen atoms in total. The minimum absolute atomic E-state index is 0.0707. The first-order chi connectivity index (χ1) is 8.93. The molecule has 0 bridgehead atoms. The minimum atomic E-state index is -1.28. The van der Waals surface area contributed by atoms with Crippen LogP contribution >= 0.6 is 23.4 Å². The number of hydrogen-bond donors (Lipinski definition) is 1. The number of carboxylic acid groups (broad SMARTS) is 1. The first-order valence-corrected chi connectivity index (χ1v) is 6.40. The number of pyridine rings is 1. The second-order valence-electron chi connectivity index (χ2n) is 4.62. The molecule has 1 unspecified atom stereocenters. The maximum Gasteiger partial charge on any atom is 0.345 e. The summed E-state index contributed by atoms with van der Waals surface area (Å²) in [7, 11) is 0. The monoisotopic (exact) mass is 299 g/mol. The quantitative estimate of drug-likeness (QED) is 0.518. The van der Waals surface area contributed by atoms with Crippen molar-refractivity contribution in [2.45, 2.75) is 18.9 Å². The molecule has 1 fully saturated rings. The predicted molar refractivity (Wildman–Crippen MR) is 70.0 cm³/mol. The lowest BCUT2D eigenvalue weighted by atomic mass is 10.00. The number of quaternary nitrogens is 1. The number of carbonyl (C=O) groups is 2. The smallest absolute Gasteiger partial charge is 0.345 e. The molecule has 0 aromatic carbocycles. The third-order valence-electron chi connectivity index (χ3n) is 3.33. The molecule has 1 atom stereocenters. The number of nitrogens with zero attached hydrogens (tertiary/aromatic N) is 2. The van der Waals surface area contributed by atoms with Crippen molar-refractivity contribution in [3.63, 3.8) is 0 Å². The Morgan fingerprint density at radius 3 is 2.74 bits per heavy atom. The van der Waals surface area contributed by atoms with Crippen molar-refractivity contribution < 1.29 is 14.7 Å². The molecule has 0 saturated heterocycles. The van der Waals surface area contributed by atoms with E-state index in [9.17, 15) is 9.59 Å². The number of carboxylic acids is 1. The maximum atomic E-state index is 12.1. The van der Waals surface area contributed by atoms with Crippen LogP contribution in [-0.2, 0) is 4.79 Å². The van der Waals surface area contributed by atoms with Crippen molar-refractivity contribution in [3.05, 3.63) is 34.8 Å². The van der Waals surface area contributed by atoms with Gasteiger partial charge in [-0.1, -0.05) is 11.6 Å². The van der Waals surface area contributed by atoms with Crippen molar-refractivity contribution in [2.24, 2.45) is 0 Å². The Morgan fingerprint density at radius 1 is 1.47 bits per heavy atom. The second kappa shape index (κ2) is 4.03. The van der Waals surface area contributed by atoms with Crippen LogP contribution in [0.1, 0.15) is 23.2 Å². The van der Waals surface area contributed by atoms with E-state index in [0.717, 1.165) is 12.8 Å². The summed E-state index contributed by atoms with van der Waals surface area (Å²) in [5, 5.41) is 9.34. The zero-order chi connectivity index (χ0) is 13.8. The van der Waals surface area contributed by atoms with Crippen molar-refractivity contribution in [2.75, 3.05) is 0 Å². The second-order valence-corrected chi connectivity index (χ2v) is 5.57. The molecule has 0 spiro atoms. The molecule has 0 radical (unpaired) electrons. The zero-order valence-electron chi connectivity index (χ0n) is 9.64. The van der Waals surface area contributed by atoms with Crippen LogP contribution < -0.4 is 4.00 Å². The summed E-state index contributed by atoms with van der Waals surface area (Å²) in [5.41, 5.74) is 0.379. The standard InChI is InChI=1S/C12H8Cl2N2O3/c13-10-3-9-7(4-15-10)11(17)8(12(18)19)5-16(9,14)6-1-2-6/h3-6H,1-2H2/p+1. The van der Waals surface area contributed by atoms with Crippen molar-refractivity contribution in [3.8, 4) is 0 Å². The highest BCUT2D eigenvalue weighted by Crippen LogP contribution is 2.47. The minimum Gasteiger partial charge on any atom is -0.477 e. The molecule has 1 aliphatic carbocycles. The topological polar surface area (TPSA) is 67.3 Å². The van der Waals surface area contributed by atoms with Gasteiger partial charge in [0.05, 0.1) is 0 Å². The molecule has 2 heterocycles. The van der Waals surface area contributed by atoms with Gasteiger partial charge in [0, 0.05) is 25.1 Å². The Bertz CT molecular complexity index is 640. The molecule has 1 saturated carbocycles. The number of halogens is 2. The van der Waals surface area contributed by atoms with Crippen molar-refractivity contribution in [1.82, 2.24) is 8.99 Å². The third kappa shape index (κ3) is 1.85. The third-order valence-corrected chi connectivity index (χ3v) is 4.10. The molecule has 1 aromatic rings. The van der Waals surface area contributed by atoms with Gasteiger partial charge < -0.3 is 5.11 Å². The predicted octanol–water partition coefficient (Wildman–Crippen LogP) is 2.52. The Morgan fingerprint density at radius 2 is 2.16 bits per heavy atom. The van der Waals surface area contributed by atoms with Crippen LogP contribution in [0, 0.1) is 0 Å². The van der Waals surface area contributed by atoms with Gasteiger partial charge >= 0.3 is 5.97 Å². The van der Waals surface area contributed by atoms with E-state index < -0.39 is 11.8 Å². The fourth-order valence-corrected chi connectivity index (χ4v) is 2.83. The van der Waals surface area contributed by atoms with E-state index >= 15 is 0 Å². The number of ketones is 1. The highest BCUT2D eigenvalue weighted by molar-refractivity contribution is 6.34. The summed E-state index contributed by atoms with van der Waals surface area (Å²) in [6.45, 7) is 0. The van der Waals surface area contributed by atoms with Gasteiger partial charge in [-0.3, -0.25) is 4.79 Å². The molecular weight excluding hydrogens is 291 g/mol. The summed E-state index contributed by atoms with van der Waals surface area (Å²) in [4.78, 5) is 27.1. The van der Waals surface area contributed by atoms with Crippen LogP contribution in [0.5, 0.6) is 0 Å². The van der Waals surface area contributed by atoms with Crippen LogP contribution in [0.2, 0.25) is 5.15 Å². The number of Topliss-reactive ketones (excluding diaryl/α,β-unsaturated/α-hetero) is 1. The highest BCUT2D eigenvalue weighted by Gasteiger charge is 2.51. The Labute approximate surface area is 118 Å². The molecule has 98 valence electrons. The molecule has 2 aliphatic rings. The van der Waals surface area contributed by atoms with Crippen LogP contribution in [0.4, 0.5) is 5.69 Å². The van der Waals surface area contributed by atoms with Gasteiger partial charge in [0.2, 0.25) is 5.78 Å². The number of aliphatic carboxylic acids is 1. The average molecular weight is 300 g/mol. The molecular formula is C12H9Cl2N2O3+. The van der Waals surface area contributed by atoms with E-state index in [1.807, 2.05) is 0 Å². The number of hydrogen-bond acceptors (Lipinski definition) is 3. The fraction of sp³-hybridized carbons (Fsp3) is 0.250. The van der Waals surface area contributed by atoms with Gasteiger partial charge in [0.1, 0.15) is 23.0 Å². The lowest BCUT2D eigenvalue weighted by Gasteiger charge is -2.29. The Balaban J connectivity index is 2.25. The van der Waals surface area contributed by atoms with E-state index in [2.05, 4.69) is 4.98 Å². The fourth-order valence-electron chi connectivity index (χ4n) is 2.24. The number of fused-ring (bicyclic) bond motifs is 1. The number of aromatic nitrogens is 1. The summed E-state index contributed by atoms with van der Waals surface area (Å²) >= 11 is 12.4. The van der Waals surface area contributed by atoms with Gasteiger partial charge in [0.25, 0.3) is 0 Å². The van der Waals surface area contributed by atoms with E-state index in [0.29, 0.717) is 5.69 Å². The van der Waals surface area contributed by atoms with E-state index in [1.165, 1.54) is 18.5 Å². The Hall–Kier alpha value is -1.43. The molecule has 1 aromatic heterocycles. The average Bonchev–Trinajstić information content (AvgIpc) is 3.18. The van der Waals surface area contributed by atoms with E-state index in [1.54, 1.807) is 0 Å². The van der Waals surface area contributed by atoms with Crippen LogP contribution in [0.15, 0.2) is 24.0 Å². The molecule has 0 amide bonds. The van der Waals surface area contributed by atoms with Gasteiger partial charge in [-0.15, -0.1) is 0 Å². The molecule has 1 aliphatic heterocycles. The SMILES string of the molecule is O=C(O)C1=C[N+](Cl)(C2CC2)c2cc(Cl)ncc2C1=O. The number of rotatable bonds is 2. The molecule has 1 N–H and O–H groups in total. The van der Waals surface area contributed by atoms with Crippen LogP contribution in [0.25, 0.3) is 0 Å². The summed E-state index contributed by atoms with van der Waals surface area (Å²) < 4.78 is -0.217. The first kappa shape index (κ1) is 12.6. The lowest BCUT2D eigenvalue weighted by Crippen LogP contribution is -2.41. The van der Waals surface area contributed by atoms with Gasteiger partial charge in [-0.25, -0.2) is 9.78 Å². The largest absolute Gasteiger partial charge is 0.477 e. The highest BCUT2D eigenvalue weighted by atomic mass is 35.5. The van der Waals surface area contributed by atoms with Gasteiger partial charge in [-0.2, -0.15) is 4.00 Å². The lowest BCUT2D eigenvalue weighted by molar-refractivity contribution is -0.132. The molecule has 7 heteroatoms. The Kier molecular flexibility index (Phi) is 2.67. The van der Waals surface area contributed by atoms with E-state index in [4.69, 9.17) is 28.5 Å². The summed E-state index contributed by atoms with van der Waals surface area (Å²) in [5.74, 6) is -1.86. The number of carbonyl (C=O) groups excluding carboxylic acids is 1. The summed E-state index contributed by atoms with van der Waals surface area (Å²) in [6, 6.07) is 1.59. The molecule has 3 rings (SSSR count). The zero-order valence-corrected chi connectivity index (χ0v) is 11.1. The summed E-state index contributed by atoms with van der Waals surface area (Å²) in [6.07, 6.45) is 4.33. The first-order valence-electron chi connectivity index (χ1n) is 5.68.